The number of hydrogen-bond donors (Lipinski definition) is 2. The number of nitrogens with two attached hydrogens (primary N) is 1. The second kappa shape index (κ2) is 5.21. The number of nitrogens with one attached hydrogen (secondary N) is 1. The Morgan fingerprint density at radius 1 is 1.44 bits per heavy atom. The molecule has 2 rings (SSSR count). The van der Waals surface area contributed by atoms with Crippen LogP contribution in [-0.2, 0) is 7.05 Å². The third-order valence-corrected chi connectivity index (χ3v) is 3.99. The molecular formula is C14H26N4. The Labute approximate surface area is 110 Å². The van der Waals surface area contributed by atoms with Gasteiger partial charge in [-0.05, 0) is 30.6 Å². The lowest BCUT2D eigenvalue weighted by atomic mass is 9.78. The van der Waals surface area contributed by atoms with Crippen LogP contribution in [0.2, 0.25) is 0 Å². The summed E-state index contributed by atoms with van der Waals surface area (Å²) in [7, 11) is 1.90. The maximum atomic E-state index is 5.92. The molecule has 1 fully saturated rings. The molecule has 0 radical (unpaired) electrons. The Bertz CT molecular complexity index is 388. The third kappa shape index (κ3) is 2.98. The Balaban J connectivity index is 1.99. The molecule has 1 heterocycles. The Hall–Kier alpha value is -1.19. The maximum Gasteiger partial charge on any atom is 0.171 e. The molecule has 1 aromatic heterocycles. The van der Waals surface area contributed by atoms with Crippen LogP contribution in [0.15, 0.2) is 6.20 Å². The van der Waals surface area contributed by atoms with Gasteiger partial charge in [0.2, 0.25) is 0 Å². The van der Waals surface area contributed by atoms with Gasteiger partial charge < -0.3 is 11.1 Å². The molecule has 0 saturated heterocycles. The minimum absolute atomic E-state index is 0.456. The summed E-state index contributed by atoms with van der Waals surface area (Å²) in [6.45, 7) is 5.64. The van der Waals surface area contributed by atoms with Gasteiger partial charge in [0.1, 0.15) is 0 Å². The molecule has 0 bridgehead atoms. The van der Waals surface area contributed by atoms with Gasteiger partial charge >= 0.3 is 0 Å². The molecule has 3 N–H and O–H groups in total. The van der Waals surface area contributed by atoms with Crippen molar-refractivity contribution in [3.8, 4) is 0 Å². The van der Waals surface area contributed by atoms with Gasteiger partial charge in [0.05, 0.1) is 5.69 Å². The first-order valence-electron chi connectivity index (χ1n) is 7.04. The van der Waals surface area contributed by atoms with Gasteiger partial charge in [0, 0.05) is 19.8 Å². The van der Waals surface area contributed by atoms with Crippen LogP contribution in [0.1, 0.15) is 46.0 Å². The van der Waals surface area contributed by atoms with Crippen LogP contribution in [0.3, 0.4) is 0 Å². The van der Waals surface area contributed by atoms with Crippen molar-refractivity contribution in [2.45, 2.75) is 46.0 Å². The number of nitrogens with zero attached hydrogens (tertiary/aromatic N) is 2. The molecule has 0 unspecified atom stereocenters. The van der Waals surface area contributed by atoms with E-state index in [1.807, 2.05) is 13.2 Å². The molecule has 0 amide bonds. The number of aromatic nitrogens is 2. The predicted octanol–water partition coefficient (Wildman–Crippen LogP) is 3.02. The lowest BCUT2D eigenvalue weighted by Gasteiger charge is -2.31. The number of hydrogen-bond acceptors (Lipinski definition) is 3. The minimum Gasteiger partial charge on any atom is -0.394 e. The van der Waals surface area contributed by atoms with E-state index >= 15 is 0 Å². The third-order valence-electron chi connectivity index (χ3n) is 3.99. The summed E-state index contributed by atoms with van der Waals surface area (Å²) in [5.74, 6) is 1.60. The minimum atomic E-state index is 0.456. The van der Waals surface area contributed by atoms with Crippen molar-refractivity contribution in [1.29, 1.82) is 0 Å². The van der Waals surface area contributed by atoms with Crippen LogP contribution < -0.4 is 11.1 Å². The van der Waals surface area contributed by atoms with E-state index in [0.717, 1.165) is 24.0 Å². The molecule has 1 aliphatic carbocycles. The number of rotatable bonds is 5. The molecule has 1 aromatic rings. The Morgan fingerprint density at radius 3 is 2.61 bits per heavy atom. The zero-order valence-electron chi connectivity index (χ0n) is 11.9. The average Bonchev–Trinajstić information content (AvgIpc) is 2.83. The smallest absolute Gasteiger partial charge is 0.171 e. The first kappa shape index (κ1) is 13.2. The zero-order valence-corrected chi connectivity index (χ0v) is 11.9. The fourth-order valence-corrected chi connectivity index (χ4v) is 3.36. The number of anilines is 2. The van der Waals surface area contributed by atoms with Crippen LogP contribution >= 0.6 is 0 Å². The summed E-state index contributed by atoms with van der Waals surface area (Å²) in [6, 6.07) is 0. The van der Waals surface area contributed by atoms with Gasteiger partial charge in [-0.3, -0.25) is 4.68 Å². The molecule has 4 heteroatoms. The highest BCUT2D eigenvalue weighted by Crippen LogP contribution is 2.43. The molecule has 0 aromatic carbocycles. The maximum absolute atomic E-state index is 5.92. The molecule has 102 valence electrons. The van der Waals surface area contributed by atoms with Gasteiger partial charge in [-0.25, -0.2) is 0 Å². The summed E-state index contributed by atoms with van der Waals surface area (Å²) < 4.78 is 1.77. The van der Waals surface area contributed by atoms with Crippen LogP contribution in [0.25, 0.3) is 0 Å². The van der Waals surface area contributed by atoms with E-state index in [2.05, 4.69) is 24.3 Å². The Kier molecular flexibility index (Phi) is 3.83. The van der Waals surface area contributed by atoms with Crippen LogP contribution in [-0.4, -0.2) is 16.3 Å². The molecule has 18 heavy (non-hydrogen) atoms. The van der Waals surface area contributed by atoms with Crippen LogP contribution in [0, 0.1) is 11.3 Å². The molecule has 1 saturated carbocycles. The van der Waals surface area contributed by atoms with E-state index in [1.165, 1.54) is 32.1 Å². The predicted molar refractivity (Wildman–Crippen MR) is 76.5 cm³/mol. The van der Waals surface area contributed by atoms with Gasteiger partial charge in [-0.15, -0.1) is 0 Å². The monoisotopic (exact) mass is 250 g/mol. The largest absolute Gasteiger partial charge is 0.394 e. The van der Waals surface area contributed by atoms with Crippen molar-refractivity contribution >= 4 is 11.5 Å². The second-order valence-electron chi connectivity index (χ2n) is 6.27. The fraction of sp³-hybridized carbons (Fsp3) is 0.786. The highest BCUT2D eigenvalue weighted by molar-refractivity contribution is 5.59. The average molecular weight is 250 g/mol. The van der Waals surface area contributed by atoms with E-state index in [1.54, 1.807) is 4.68 Å². The molecule has 0 spiro atoms. The van der Waals surface area contributed by atoms with Crippen LogP contribution in [0.5, 0.6) is 0 Å². The lowest BCUT2D eigenvalue weighted by molar-refractivity contribution is 0.252. The van der Waals surface area contributed by atoms with Crippen molar-refractivity contribution in [2.24, 2.45) is 18.4 Å². The highest BCUT2D eigenvalue weighted by atomic mass is 15.3. The van der Waals surface area contributed by atoms with Crippen molar-refractivity contribution < 1.29 is 0 Å². The summed E-state index contributed by atoms with van der Waals surface area (Å²) in [5, 5.41) is 7.83. The molecule has 4 nitrogen and oxygen atoms in total. The highest BCUT2D eigenvalue weighted by Gasteiger charge is 2.34. The van der Waals surface area contributed by atoms with E-state index in [9.17, 15) is 0 Å². The first-order chi connectivity index (χ1) is 8.51. The standard InChI is InChI=1S/C14H26N4/c1-11(2)8-14(6-4-5-7-14)10-16-13-12(15)9-18(3)17-13/h9,11H,4-8,10,15H2,1-3H3,(H,16,17). The SMILES string of the molecule is CC(C)CC1(CNc2nn(C)cc2N)CCCC1. The van der Waals surface area contributed by atoms with Crippen molar-refractivity contribution in [3.63, 3.8) is 0 Å². The van der Waals surface area contributed by atoms with Gasteiger partial charge in [0.25, 0.3) is 0 Å². The summed E-state index contributed by atoms with van der Waals surface area (Å²) >= 11 is 0. The Morgan fingerprint density at radius 2 is 2.11 bits per heavy atom. The molecule has 0 atom stereocenters. The van der Waals surface area contributed by atoms with E-state index in [4.69, 9.17) is 5.73 Å². The second-order valence-corrected chi connectivity index (χ2v) is 6.27. The number of nitrogen functional groups attached to an aromatic ring is 1. The normalized spacial score (nSPS) is 18.4. The van der Waals surface area contributed by atoms with E-state index < -0.39 is 0 Å². The van der Waals surface area contributed by atoms with Crippen molar-refractivity contribution in [3.05, 3.63) is 6.20 Å². The van der Waals surface area contributed by atoms with Gasteiger partial charge in [-0.1, -0.05) is 26.7 Å². The summed E-state index contributed by atoms with van der Waals surface area (Å²) in [6.07, 6.45) is 8.56. The zero-order chi connectivity index (χ0) is 13.2. The van der Waals surface area contributed by atoms with Gasteiger partial charge in [-0.2, -0.15) is 5.10 Å². The van der Waals surface area contributed by atoms with E-state index in [-0.39, 0.29) is 0 Å². The van der Waals surface area contributed by atoms with E-state index in [0.29, 0.717) is 5.41 Å². The lowest BCUT2D eigenvalue weighted by Crippen LogP contribution is -2.28. The van der Waals surface area contributed by atoms with Gasteiger partial charge in [0.15, 0.2) is 5.82 Å². The van der Waals surface area contributed by atoms with Crippen LogP contribution in [0.4, 0.5) is 11.5 Å². The summed E-state index contributed by atoms with van der Waals surface area (Å²) in [5.41, 5.74) is 7.13. The molecular weight excluding hydrogens is 224 g/mol. The van der Waals surface area contributed by atoms with Crippen molar-refractivity contribution in [2.75, 3.05) is 17.6 Å². The molecule has 0 aliphatic heterocycles. The topological polar surface area (TPSA) is 55.9 Å². The molecule has 1 aliphatic rings. The summed E-state index contributed by atoms with van der Waals surface area (Å²) in [4.78, 5) is 0. The first-order valence-corrected chi connectivity index (χ1v) is 7.04. The van der Waals surface area contributed by atoms with Crippen molar-refractivity contribution in [1.82, 2.24) is 9.78 Å². The quantitative estimate of drug-likeness (QED) is 0.844. The number of aryl methyl sites for hydroxylation is 1. The fourth-order valence-electron chi connectivity index (χ4n) is 3.36.